The van der Waals surface area contributed by atoms with Gasteiger partial charge in [0.2, 0.25) is 5.60 Å². The molecule has 0 aliphatic carbocycles. The highest BCUT2D eigenvalue weighted by Crippen LogP contribution is 2.44. The Kier molecular flexibility index (Phi) is 7.49. The summed E-state index contributed by atoms with van der Waals surface area (Å²) in [5.74, 6) is -2.65. The van der Waals surface area contributed by atoms with E-state index >= 15 is 8.78 Å². The quantitative estimate of drug-likeness (QED) is 0.179. The molecule has 1 aliphatic heterocycles. The molecule has 0 amide bonds. The Morgan fingerprint density at radius 2 is 1.66 bits per heavy atom. The number of nitro benzene ring substituents is 1. The van der Waals surface area contributed by atoms with Crippen molar-refractivity contribution in [2.24, 2.45) is 0 Å². The van der Waals surface area contributed by atoms with Crippen LogP contribution in [0.4, 0.5) is 34.6 Å². The van der Waals surface area contributed by atoms with Gasteiger partial charge in [0, 0.05) is 55.6 Å². The highest BCUT2D eigenvalue weighted by atomic mass is 19.3. The summed E-state index contributed by atoms with van der Waals surface area (Å²) in [5, 5.41) is 26.0. The van der Waals surface area contributed by atoms with Gasteiger partial charge in [0.25, 0.3) is 5.69 Å². The summed E-state index contributed by atoms with van der Waals surface area (Å²) in [4.78, 5) is 18.0. The Hall–Kier alpha value is -4.72. The molecule has 1 atom stereocenters. The third-order valence-electron chi connectivity index (χ3n) is 6.87. The van der Waals surface area contributed by atoms with Crippen LogP contribution < -0.4 is 14.5 Å². The first-order valence-electron chi connectivity index (χ1n) is 12.5. The molecule has 1 aromatic heterocycles. The van der Waals surface area contributed by atoms with Crippen molar-refractivity contribution in [3.8, 4) is 5.75 Å². The summed E-state index contributed by atoms with van der Waals surface area (Å²) in [6.45, 7) is 0.829. The van der Waals surface area contributed by atoms with Crippen molar-refractivity contribution in [1.82, 2.24) is 14.8 Å². The van der Waals surface area contributed by atoms with E-state index in [-0.39, 0.29) is 11.4 Å². The number of nitro groups is 1. The molecule has 41 heavy (non-hydrogen) atoms. The van der Waals surface area contributed by atoms with Gasteiger partial charge in [0.05, 0.1) is 17.2 Å². The number of aliphatic hydroxyl groups is 1. The number of alkyl halides is 2. The average molecular weight is 573 g/mol. The van der Waals surface area contributed by atoms with Crippen molar-refractivity contribution < 1.29 is 32.3 Å². The van der Waals surface area contributed by atoms with E-state index in [0.717, 1.165) is 35.2 Å². The van der Waals surface area contributed by atoms with Crippen LogP contribution in [0.1, 0.15) is 5.56 Å². The molecule has 14 heteroatoms. The molecule has 5 rings (SSSR count). The molecule has 0 saturated carbocycles. The highest BCUT2D eigenvalue weighted by molar-refractivity contribution is 5.60. The van der Waals surface area contributed by atoms with Gasteiger partial charge in [0.1, 0.15) is 30.0 Å². The number of nitrogens with zero attached hydrogens (tertiary/aromatic N) is 6. The van der Waals surface area contributed by atoms with E-state index in [1.807, 2.05) is 9.80 Å². The topological polar surface area (TPSA) is 110 Å². The molecule has 4 aromatic rings. The highest BCUT2D eigenvalue weighted by Gasteiger charge is 2.59. The zero-order chi connectivity index (χ0) is 29.2. The lowest BCUT2D eigenvalue weighted by atomic mass is 9.91. The number of benzene rings is 3. The average Bonchev–Trinajstić information content (AvgIpc) is 3.46. The molecule has 214 valence electrons. The predicted molar refractivity (Wildman–Crippen MR) is 140 cm³/mol. The van der Waals surface area contributed by atoms with Crippen LogP contribution in [0.5, 0.6) is 5.75 Å². The molecule has 1 fully saturated rings. The van der Waals surface area contributed by atoms with Gasteiger partial charge in [-0.25, -0.2) is 18.4 Å². The van der Waals surface area contributed by atoms with Crippen molar-refractivity contribution in [2.45, 2.75) is 18.3 Å². The Morgan fingerprint density at radius 3 is 2.29 bits per heavy atom. The molecule has 10 nitrogen and oxygen atoms in total. The Morgan fingerprint density at radius 1 is 0.976 bits per heavy atom. The van der Waals surface area contributed by atoms with Gasteiger partial charge in [-0.3, -0.25) is 10.1 Å². The van der Waals surface area contributed by atoms with E-state index in [1.165, 1.54) is 24.3 Å². The van der Waals surface area contributed by atoms with Crippen LogP contribution in [0.25, 0.3) is 0 Å². The molecular formula is C27H24F4N6O4. The van der Waals surface area contributed by atoms with Crippen LogP contribution in [0.2, 0.25) is 0 Å². The summed E-state index contributed by atoms with van der Waals surface area (Å²) < 4.78 is 66.4. The fraction of sp³-hybridized carbons (Fsp3) is 0.259. The number of hydrogen-bond acceptors (Lipinski definition) is 8. The Labute approximate surface area is 231 Å². The van der Waals surface area contributed by atoms with Crippen LogP contribution in [-0.2, 0) is 12.1 Å². The fourth-order valence-corrected chi connectivity index (χ4v) is 4.73. The van der Waals surface area contributed by atoms with E-state index in [2.05, 4.69) is 10.1 Å². The SMILES string of the molecule is O=[N+]([O-])c1ccc(N2CCN(c3ccccc3OC(F)(F)C(O)(Cn3cncn3)c3ccc(F)cc3F)CC2)cc1. The number of non-ortho nitro benzene ring substituents is 1. The van der Waals surface area contributed by atoms with E-state index in [1.54, 1.807) is 24.3 Å². The number of anilines is 2. The summed E-state index contributed by atoms with van der Waals surface area (Å²) in [6, 6.07) is 14.0. The summed E-state index contributed by atoms with van der Waals surface area (Å²) in [5.41, 5.74) is -3.11. The smallest absolute Gasteiger partial charge is 0.428 e. The normalized spacial score (nSPS) is 15.4. The van der Waals surface area contributed by atoms with E-state index < -0.39 is 40.4 Å². The molecule has 1 N–H and O–H groups in total. The molecule has 0 radical (unpaired) electrons. The van der Waals surface area contributed by atoms with Gasteiger partial charge >= 0.3 is 6.11 Å². The van der Waals surface area contributed by atoms with Crippen LogP contribution >= 0.6 is 0 Å². The van der Waals surface area contributed by atoms with Crippen molar-refractivity contribution in [3.05, 3.63) is 107 Å². The second kappa shape index (κ2) is 11.0. The van der Waals surface area contributed by atoms with Gasteiger partial charge in [-0.1, -0.05) is 12.1 Å². The first-order chi connectivity index (χ1) is 19.6. The summed E-state index contributed by atoms with van der Waals surface area (Å²) in [7, 11) is 0. The molecule has 1 aliphatic rings. The maximum Gasteiger partial charge on any atom is 0.433 e. The number of ether oxygens (including phenoxy) is 1. The van der Waals surface area contributed by atoms with Gasteiger partial charge in [-0.15, -0.1) is 0 Å². The van der Waals surface area contributed by atoms with Crippen molar-refractivity contribution >= 4 is 17.1 Å². The summed E-state index contributed by atoms with van der Waals surface area (Å²) in [6.07, 6.45) is -2.29. The monoisotopic (exact) mass is 572 g/mol. The lowest BCUT2D eigenvalue weighted by Crippen LogP contribution is -2.53. The number of rotatable bonds is 9. The van der Waals surface area contributed by atoms with E-state index in [4.69, 9.17) is 4.74 Å². The fourth-order valence-electron chi connectivity index (χ4n) is 4.73. The second-order valence-electron chi connectivity index (χ2n) is 9.41. The third-order valence-corrected chi connectivity index (χ3v) is 6.87. The minimum Gasteiger partial charge on any atom is -0.428 e. The predicted octanol–water partition coefficient (Wildman–Crippen LogP) is 4.35. The Bertz CT molecular complexity index is 1510. The van der Waals surface area contributed by atoms with E-state index in [0.29, 0.717) is 37.9 Å². The maximum atomic E-state index is 16.0. The molecule has 2 heterocycles. The van der Waals surface area contributed by atoms with Crippen LogP contribution in [0.3, 0.4) is 0 Å². The third kappa shape index (κ3) is 5.63. The molecule has 1 unspecified atom stereocenters. The maximum absolute atomic E-state index is 16.0. The second-order valence-corrected chi connectivity index (χ2v) is 9.41. The van der Waals surface area contributed by atoms with Gasteiger partial charge in [-0.2, -0.15) is 13.9 Å². The van der Waals surface area contributed by atoms with Crippen LogP contribution in [0, 0.1) is 21.7 Å². The first kappa shape index (κ1) is 27.8. The summed E-state index contributed by atoms with van der Waals surface area (Å²) >= 11 is 0. The van der Waals surface area contributed by atoms with Crippen molar-refractivity contribution in [1.29, 1.82) is 0 Å². The molecule has 3 aromatic carbocycles. The first-order valence-corrected chi connectivity index (χ1v) is 12.5. The van der Waals surface area contributed by atoms with Crippen LogP contribution in [0.15, 0.2) is 79.4 Å². The Balaban J connectivity index is 1.39. The number of aromatic nitrogens is 3. The number of para-hydroxylation sites is 2. The van der Waals surface area contributed by atoms with Gasteiger partial charge < -0.3 is 19.6 Å². The number of halogens is 4. The molecule has 1 saturated heterocycles. The van der Waals surface area contributed by atoms with Crippen LogP contribution in [-0.4, -0.2) is 57.1 Å². The zero-order valence-corrected chi connectivity index (χ0v) is 21.4. The number of piperazine rings is 1. The number of hydrogen-bond donors (Lipinski definition) is 1. The zero-order valence-electron chi connectivity index (χ0n) is 21.4. The molecule has 0 bridgehead atoms. The van der Waals surface area contributed by atoms with Gasteiger partial charge in [0.15, 0.2) is 0 Å². The van der Waals surface area contributed by atoms with Crippen molar-refractivity contribution in [3.63, 3.8) is 0 Å². The molecular weight excluding hydrogens is 548 g/mol. The molecule has 0 spiro atoms. The minimum absolute atomic E-state index is 0.0244. The van der Waals surface area contributed by atoms with E-state index in [9.17, 15) is 24.0 Å². The minimum atomic E-state index is -4.42. The largest absolute Gasteiger partial charge is 0.433 e. The van der Waals surface area contributed by atoms with Crippen molar-refractivity contribution in [2.75, 3.05) is 36.0 Å². The lowest BCUT2D eigenvalue weighted by Gasteiger charge is -2.39. The lowest BCUT2D eigenvalue weighted by molar-refractivity contribution is -0.384. The standard InChI is InChI=1S/C27H24F4N6O4/c28-19-5-10-22(23(29)15-19)26(38,16-36-18-32-17-33-36)27(30,31)41-25-4-2-1-3-24(25)35-13-11-34(12-14-35)20-6-8-21(9-7-20)37(39)40/h1-10,15,17-18,38H,11-14,16H2. The van der Waals surface area contributed by atoms with Gasteiger partial charge in [-0.05, 0) is 36.4 Å².